The minimum atomic E-state index is -0.408. The van der Waals surface area contributed by atoms with Gasteiger partial charge in [0.2, 0.25) is 0 Å². The molecule has 5 nitrogen and oxygen atoms in total. The summed E-state index contributed by atoms with van der Waals surface area (Å²) < 4.78 is 13.3. The van der Waals surface area contributed by atoms with Crippen molar-refractivity contribution in [2.75, 3.05) is 19.6 Å². The van der Waals surface area contributed by atoms with Crippen molar-refractivity contribution in [1.82, 2.24) is 16.0 Å². The molecule has 0 spiro atoms. The molecule has 0 aromatic heterocycles. The summed E-state index contributed by atoms with van der Waals surface area (Å²) in [5.41, 5.74) is 0.761. The number of nitrogens with one attached hydrogen (secondary N) is 3. The summed E-state index contributed by atoms with van der Waals surface area (Å²) in [6.45, 7) is 6.83. The number of benzene rings is 1. The van der Waals surface area contributed by atoms with Gasteiger partial charge >= 0.3 is 6.03 Å². The Morgan fingerprint density at radius 1 is 1.14 bits per heavy atom. The number of urea groups is 1. The molecule has 3 amide bonds. The predicted octanol–water partition coefficient (Wildman–Crippen LogP) is 1.82. The predicted molar refractivity (Wildman–Crippen MR) is 79.7 cm³/mol. The minimum absolute atomic E-state index is 0.265. The molecule has 116 valence electrons. The molecule has 1 aromatic carbocycles. The Balaban J connectivity index is 2.27. The monoisotopic (exact) mass is 295 g/mol. The van der Waals surface area contributed by atoms with E-state index in [1.165, 1.54) is 6.07 Å². The van der Waals surface area contributed by atoms with Gasteiger partial charge in [0.15, 0.2) is 0 Å². The van der Waals surface area contributed by atoms with E-state index in [1.54, 1.807) is 19.1 Å². The van der Waals surface area contributed by atoms with E-state index < -0.39 is 5.82 Å². The lowest BCUT2D eigenvalue weighted by molar-refractivity contribution is 0.0953. The van der Waals surface area contributed by atoms with Gasteiger partial charge in [0.25, 0.3) is 5.91 Å². The second-order valence-corrected chi connectivity index (χ2v) is 5.25. The van der Waals surface area contributed by atoms with Crippen molar-refractivity contribution in [1.29, 1.82) is 0 Å². The number of hydrogen-bond donors (Lipinski definition) is 3. The van der Waals surface area contributed by atoms with Crippen LogP contribution < -0.4 is 16.0 Å². The maximum atomic E-state index is 13.3. The van der Waals surface area contributed by atoms with E-state index in [4.69, 9.17) is 0 Å². The average Bonchev–Trinajstić information content (AvgIpc) is 2.44. The van der Waals surface area contributed by atoms with Crippen molar-refractivity contribution >= 4 is 11.9 Å². The number of halogens is 1. The topological polar surface area (TPSA) is 70.2 Å². The molecule has 0 saturated carbocycles. The van der Waals surface area contributed by atoms with E-state index in [-0.39, 0.29) is 24.0 Å². The number of amides is 3. The van der Waals surface area contributed by atoms with Gasteiger partial charge in [0.1, 0.15) is 5.82 Å². The van der Waals surface area contributed by atoms with Crippen LogP contribution in [-0.2, 0) is 0 Å². The first-order chi connectivity index (χ1) is 9.90. The standard InChI is InChI=1S/C15H22FN3O2/c1-10(2)9-19-15(21)18-7-6-17-14(20)12-5-4-11(3)13(16)8-12/h4-5,8,10H,6-7,9H2,1-3H3,(H,17,20)(H2,18,19,21). The molecule has 0 aliphatic rings. The molecule has 0 atom stereocenters. The zero-order valence-electron chi connectivity index (χ0n) is 12.6. The lowest BCUT2D eigenvalue weighted by Gasteiger charge is -2.10. The van der Waals surface area contributed by atoms with Crippen molar-refractivity contribution in [3.05, 3.63) is 35.1 Å². The highest BCUT2D eigenvalue weighted by molar-refractivity contribution is 5.94. The number of rotatable bonds is 6. The van der Waals surface area contributed by atoms with Gasteiger partial charge in [-0.2, -0.15) is 0 Å². The first-order valence-corrected chi connectivity index (χ1v) is 6.96. The van der Waals surface area contributed by atoms with Gasteiger partial charge in [-0.3, -0.25) is 4.79 Å². The zero-order valence-corrected chi connectivity index (χ0v) is 12.6. The lowest BCUT2D eigenvalue weighted by atomic mass is 10.1. The molecule has 0 radical (unpaired) electrons. The molecule has 0 fully saturated rings. The van der Waals surface area contributed by atoms with E-state index in [0.717, 1.165) is 0 Å². The second kappa shape index (κ2) is 8.24. The van der Waals surface area contributed by atoms with Crippen LogP contribution in [0.3, 0.4) is 0 Å². The van der Waals surface area contributed by atoms with Crippen LogP contribution in [0.15, 0.2) is 18.2 Å². The molecule has 0 saturated heterocycles. The molecule has 0 aliphatic heterocycles. The number of aryl methyl sites for hydroxylation is 1. The summed E-state index contributed by atoms with van der Waals surface area (Å²) in [5, 5.41) is 7.95. The number of hydrogen-bond acceptors (Lipinski definition) is 2. The smallest absolute Gasteiger partial charge is 0.314 e. The van der Waals surface area contributed by atoms with Crippen LogP contribution in [-0.4, -0.2) is 31.6 Å². The maximum Gasteiger partial charge on any atom is 0.314 e. The van der Waals surface area contributed by atoms with E-state index in [9.17, 15) is 14.0 Å². The van der Waals surface area contributed by atoms with Gasteiger partial charge in [-0.1, -0.05) is 19.9 Å². The molecular weight excluding hydrogens is 273 g/mol. The molecule has 0 aliphatic carbocycles. The fourth-order valence-corrected chi connectivity index (χ4v) is 1.55. The molecule has 3 N–H and O–H groups in total. The van der Waals surface area contributed by atoms with Crippen LogP contribution in [0.5, 0.6) is 0 Å². The Bertz CT molecular complexity index is 504. The van der Waals surface area contributed by atoms with Crippen molar-refractivity contribution in [3.63, 3.8) is 0 Å². The van der Waals surface area contributed by atoms with Crippen LogP contribution >= 0.6 is 0 Å². The SMILES string of the molecule is Cc1ccc(C(=O)NCCNC(=O)NCC(C)C)cc1F. The van der Waals surface area contributed by atoms with Crippen LogP contribution in [0.1, 0.15) is 29.8 Å². The summed E-state index contributed by atoms with van der Waals surface area (Å²) in [7, 11) is 0. The van der Waals surface area contributed by atoms with Crippen LogP contribution in [0.4, 0.5) is 9.18 Å². The normalized spacial score (nSPS) is 10.3. The van der Waals surface area contributed by atoms with Crippen molar-refractivity contribution in [2.24, 2.45) is 5.92 Å². The summed E-state index contributed by atoms with van der Waals surface area (Å²) >= 11 is 0. The fraction of sp³-hybridized carbons (Fsp3) is 0.467. The van der Waals surface area contributed by atoms with Crippen LogP contribution in [0.25, 0.3) is 0 Å². The molecule has 1 aromatic rings. The van der Waals surface area contributed by atoms with Gasteiger partial charge in [-0.05, 0) is 30.5 Å². The van der Waals surface area contributed by atoms with E-state index >= 15 is 0 Å². The van der Waals surface area contributed by atoms with Crippen molar-refractivity contribution in [2.45, 2.75) is 20.8 Å². The molecule has 0 bridgehead atoms. The Labute approximate surface area is 124 Å². The summed E-state index contributed by atoms with van der Waals surface area (Å²) in [6, 6.07) is 4.06. The van der Waals surface area contributed by atoms with Gasteiger partial charge in [-0.25, -0.2) is 9.18 Å². The zero-order chi connectivity index (χ0) is 15.8. The van der Waals surface area contributed by atoms with Gasteiger partial charge in [0, 0.05) is 25.2 Å². The quantitative estimate of drug-likeness (QED) is 0.701. The average molecular weight is 295 g/mol. The molecule has 6 heteroatoms. The van der Waals surface area contributed by atoms with Crippen molar-refractivity contribution in [3.8, 4) is 0 Å². The molecule has 21 heavy (non-hydrogen) atoms. The lowest BCUT2D eigenvalue weighted by Crippen LogP contribution is -2.41. The van der Waals surface area contributed by atoms with Gasteiger partial charge in [-0.15, -0.1) is 0 Å². The minimum Gasteiger partial charge on any atom is -0.350 e. The highest BCUT2D eigenvalue weighted by Crippen LogP contribution is 2.08. The van der Waals surface area contributed by atoms with Gasteiger partial charge in [0.05, 0.1) is 0 Å². The highest BCUT2D eigenvalue weighted by atomic mass is 19.1. The van der Waals surface area contributed by atoms with E-state index in [2.05, 4.69) is 16.0 Å². The maximum absolute atomic E-state index is 13.3. The third kappa shape index (κ3) is 6.25. The summed E-state index contributed by atoms with van der Waals surface area (Å²) in [5.74, 6) is -0.390. The largest absolute Gasteiger partial charge is 0.350 e. The van der Waals surface area contributed by atoms with Crippen LogP contribution in [0.2, 0.25) is 0 Å². The summed E-state index contributed by atoms with van der Waals surface area (Å²) in [4.78, 5) is 23.1. The Morgan fingerprint density at radius 2 is 1.81 bits per heavy atom. The molecular formula is C15H22FN3O2. The highest BCUT2D eigenvalue weighted by Gasteiger charge is 2.07. The Morgan fingerprint density at radius 3 is 2.43 bits per heavy atom. The van der Waals surface area contributed by atoms with E-state index in [0.29, 0.717) is 24.6 Å². The molecule has 1 rings (SSSR count). The van der Waals surface area contributed by atoms with Crippen molar-refractivity contribution < 1.29 is 14.0 Å². The first-order valence-electron chi connectivity index (χ1n) is 6.96. The number of carbonyl (C=O) groups is 2. The number of carbonyl (C=O) groups excluding carboxylic acids is 2. The second-order valence-electron chi connectivity index (χ2n) is 5.25. The Hall–Kier alpha value is -2.11. The van der Waals surface area contributed by atoms with Gasteiger partial charge < -0.3 is 16.0 Å². The first kappa shape index (κ1) is 16.9. The molecule has 0 unspecified atom stereocenters. The van der Waals surface area contributed by atoms with Crippen LogP contribution in [0, 0.1) is 18.7 Å². The molecule has 0 heterocycles. The third-order valence-electron chi connectivity index (χ3n) is 2.80. The Kier molecular flexibility index (Phi) is 6.65. The summed E-state index contributed by atoms with van der Waals surface area (Å²) in [6.07, 6.45) is 0. The fourth-order valence-electron chi connectivity index (χ4n) is 1.55. The van der Waals surface area contributed by atoms with E-state index in [1.807, 2.05) is 13.8 Å². The third-order valence-corrected chi connectivity index (χ3v) is 2.80.